The lowest BCUT2D eigenvalue weighted by molar-refractivity contribution is 0.0905. The number of halogens is 1. The summed E-state index contributed by atoms with van der Waals surface area (Å²) in [6, 6.07) is 4.36. The lowest BCUT2D eigenvalue weighted by Crippen LogP contribution is -2.41. The van der Waals surface area contributed by atoms with E-state index in [0.717, 1.165) is 12.8 Å². The van der Waals surface area contributed by atoms with Crippen LogP contribution in [0.25, 0.3) is 0 Å². The van der Waals surface area contributed by atoms with Gasteiger partial charge in [0.2, 0.25) is 0 Å². The Hall–Kier alpha value is -1.86. The average molecular weight is 274 g/mol. The summed E-state index contributed by atoms with van der Waals surface area (Å²) < 4.78 is 13.8. The van der Waals surface area contributed by atoms with Crippen molar-refractivity contribution in [2.75, 3.05) is 6.54 Å². The Morgan fingerprint density at radius 3 is 2.90 bits per heavy atom. The SMILES string of the molecule is CC(NC(=O)c1cc(C#CCN)ccc1F)C1CCC1. The molecule has 1 atom stereocenters. The third-order valence-electron chi connectivity index (χ3n) is 3.76. The van der Waals surface area contributed by atoms with Gasteiger partial charge in [-0.15, -0.1) is 0 Å². The maximum Gasteiger partial charge on any atom is 0.254 e. The van der Waals surface area contributed by atoms with Crippen LogP contribution < -0.4 is 11.1 Å². The molecular formula is C16H19FN2O. The van der Waals surface area contributed by atoms with Crippen LogP contribution in [0.3, 0.4) is 0 Å². The van der Waals surface area contributed by atoms with Gasteiger partial charge in [-0.05, 0) is 43.9 Å². The Labute approximate surface area is 118 Å². The number of rotatable bonds is 3. The summed E-state index contributed by atoms with van der Waals surface area (Å²) in [4.78, 5) is 12.1. The van der Waals surface area contributed by atoms with E-state index in [1.807, 2.05) is 6.92 Å². The van der Waals surface area contributed by atoms with Crippen molar-refractivity contribution in [2.24, 2.45) is 11.7 Å². The molecular weight excluding hydrogens is 255 g/mol. The highest BCUT2D eigenvalue weighted by molar-refractivity contribution is 5.95. The molecule has 1 aliphatic carbocycles. The summed E-state index contributed by atoms with van der Waals surface area (Å²) in [7, 11) is 0. The molecule has 106 valence electrons. The van der Waals surface area contributed by atoms with Crippen LogP contribution in [0.4, 0.5) is 4.39 Å². The number of nitrogens with one attached hydrogen (secondary N) is 1. The minimum absolute atomic E-state index is 0.0417. The number of benzene rings is 1. The second kappa shape index (κ2) is 6.53. The molecule has 1 fully saturated rings. The lowest BCUT2D eigenvalue weighted by Gasteiger charge is -2.31. The van der Waals surface area contributed by atoms with E-state index >= 15 is 0 Å². The molecule has 20 heavy (non-hydrogen) atoms. The third-order valence-corrected chi connectivity index (χ3v) is 3.76. The first kappa shape index (κ1) is 14.5. The summed E-state index contributed by atoms with van der Waals surface area (Å²) in [6.45, 7) is 2.20. The van der Waals surface area contributed by atoms with Gasteiger partial charge in [-0.25, -0.2) is 4.39 Å². The van der Waals surface area contributed by atoms with E-state index in [1.54, 1.807) is 6.07 Å². The van der Waals surface area contributed by atoms with Gasteiger partial charge in [0.15, 0.2) is 0 Å². The fraction of sp³-hybridized carbons (Fsp3) is 0.438. The molecule has 3 N–H and O–H groups in total. The molecule has 1 aromatic rings. The fourth-order valence-electron chi connectivity index (χ4n) is 2.27. The quantitative estimate of drug-likeness (QED) is 0.829. The van der Waals surface area contributed by atoms with E-state index in [-0.39, 0.29) is 24.1 Å². The first-order valence-electron chi connectivity index (χ1n) is 6.91. The van der Waals surface area contributed by atoms with Gasteiger partial charge >= 0.3 is 0 Å². The highest BCUT2D eigenvalue weighted by atomic mass is 19.1. The van der Waals surface area contributed by atoms with Crippen LogP contribution in [-0.4, -0.2) is 18.5 Å². The molecule has 1 unspecified atom stereocenters. The molecule has 0 saturated heterocycles. The molecule has 1 aromatic carbocycles. The first-order valence-corrected chi connectivity index (χ1v) is 6.91. The van der Waals surface area contributed by atoms with E-state index in [0.29, 0.717) is 11.5 Å². The number of amides is 1. The van der Waals surface area contributed by atoms with Gasteiger partial charge in [0.05, 0.1) is 12.1 Å². The average Bonchev–Trinajstić information content (AvgIpc) is 2.35. The summed E-state index contributed by atoms with van der Waals surface area (Å²) >= 11 is 0. The van der Waals surface area contributed by atoms with E-state index in [1.165, 1.54) is 18.6 Å². The molecule has 1 saturated carbocycles. The number of carbonyl (C=O) groups excluding carboxylic acids is 1. The van der Waals surface area contributed by atoms with E-state index in [9.17, 15) is 9.18 Å². The van der Waals surface area contributed by atoms with Crippen molar-refractivity contribution in [2.45, 2.75) is 32.2 Å². The summed E-state index contributed by atoms with van der Waals surface area (Å²) in [5.74, 6) is 5.11. The van der Waals surface area contributed by atoms with Gasteiger partial charge in [0.25, 0.3) is 5.91 Å². The van der Waals surface area contributed by atoms with Crippen LogP contribution in [0.5, 0.6) is 0 Å². The predicted octanol–water partition coefficient (Wildman–Crippen LogP) is 2.05. The van der Waals surface area contributed by atoms with Gasteiger partial charge in [0, 0.05) is 11.6 Å². The Morgan fingerprint density at radius 2 is 2.30 bits per heavy atom. The molecule has 2 rings (SSSR count). The van der Waals surface area contributed by atoms with Gasteiger partial charge in [-0.2, -0.15) is 0 Å². The van der Waals surface area contributed by atoms with Crippen LogP contribution in [0.2, 0.25) is 0 Å². The Kier molecular flexibility index (Phi) is 4.75. The molecule has 1 amide bonds. The van der Waals surface area contributed by atoms with Gasteiger partial charge in [0.1, 0.15) is 5.82 Å². The van der Waals surface area contributed by atoms with Gasteiger partial charge in [-0.3, -0.25) is 4.79 Å². The van der Waals surface area contributed by atoms with Crippen LogP contribution in [0.15, 0.2) is 18.2 Å². The topological polar surface area (TPSA) is 55.1 Å². The number of nitrogens with two attached hydrogens (primary N) is 1. The largest absolute Gasteiger partial charge is 0.349 e. The summed E-state index contributed by atoms with van der Waals surface area (Å²) in [5.41, 5.74) is 5.94. The molecule has 0 spiro atoms. The van der Waals surface area contributed by atoms with Crippen LogP contribution in [0, 0.1) is 23.6 Å². The van der Waals surface area contributed by atoms with Crippen LogP contribution in [0.1, 0.15) is 42.1 Å². The molecule has 0 heterocycles. The lowest BCUT2D eigenvalue weighted by atomic mass is 9.80. The van der Waals surface area contributed by atoms with Crippen molar-refractivity contribution in [1.29, 1.82) is 0 Å². The molecule has 0 aromatic heterocycles. The zero-order valence-electron chi connectivity index (χ0n) is 11.6. The van der Waals surface area contributed by atoms with E-state index in [2.05, 4.69) is 17.2 Å². The highest BCUT2D eigenvalue weighted by Gasteiger charge is 2.25. The maximum atomic E-state index is 13.8. The minimum Gasteiger partial charge on any atom is -0.349 e. The smallest absolute Gasteiger partial charge is 0.254 e. The van der Waals surface area contributed by atoms with Crippen molar-refractivity contribution in [3.63, 3.8) is 0 Å². The Morgan fingerprint density at radius 1 is 1.55 bits per heavy atom. The standard InChI is InChI=1S/C16H19FN2O/c1-11(13-5-2-6-13)19-16(20)14-10-12(4-3-9-18)7-8-15(14)17/h7-8,10-11,13H,2,5-6,9,18H2,1H3,(H,19,20). The summed E-state index contributed by atoms with van der Waals surface area (Å²) in [5, 5.41) is 2.87. The fourth-order valence-corrected chi connectivity index (χ4v) is 2.27. The monoisotopic (exact) mass is 274 g/mol. The highest BCUT2D eigenvalue weighted by Crippen LogP contribution is 2.29. The summed E-state index contributed by atoms with van der Waals surface area (Å²) in [6.07, 6.45) is 3.47. The van der Waals surface area contributed by atoms with Crippen molar-refractivity contribution in [1.82, 2.24) is 5.32 Å². The Balaban J connectivity index is 2.11. The zero-order chi connectivity index (χ0) is 14.5. The first-order chi connectivity index (χ1) is 9.61. The normalized spacial score (nSPS) is 15.8. The van der Waals surface area contributed by atoms with Gasteiger partial charge < -0.3 is 11.1 Å². The van der Waals surface area contributed by atoms with E-state index in [4.69, 9.17) is 5.73 Å². The second-order valence-electron chi connectivity index (χ2n) is 5.15. The Bertz CT molecular complexity index is 555. The molecule has 0 aliphatic heterocycles. The third kappa shape index (κ3) is 3.37. The maximum absolute atomic E-state index is 13.8. The molecule has 1 aliphatic rings. The van der Waals surface area contributed by atoms with Crippen molar-refractivity contribution in [3.05, 3.63) is 35.1 Å². The minimum atomic E-state index is -0.526. The number of hydrogen-bond acceptors (Lipinski definition) is 2. The number of carbonyl (C=O) groups is 1. The van der Waals surface area contributed by atoms with Crippen molar-refractivity contribution < 1.29 is 9.18 Å². The molecule has 0 bridgehead atoms. The number of hydrogen-bond donors (Lipinski definition) is 2. The molecule has 0 radical (unpaired) electrons. The molecule has 4 heteroatoms. The van der Waals surface area contributed by atoms with Crippen LogP contribution in [-0.2, 0) is 0 Å². The zero-order valence-corrected chi connectivity index (χ0v) is 11.6. The second-order valence-corrected chi connectivity index (χ2v) is 5.15. The van der Waals surface area contributed by atoms with Crippen LogP contribution >= 0.6 is 0 Å². The predicted molar refractivity (Wildman–Crippen MR) is 76.6 cm³/mol. The van der Waals surface area contributed by atoms with Crippen molar-refractivity contribution >= 4 is 5.91 Å². The van der Waals surface area contributed by atoms with Crippen molar-refractivity contribution in [3.8, 4) is 11.8 Å². The van der Waals surface area contributed by atoms with E-state index < -0.39 is 5.82 Å². The molecule has 3 nitrogen and oxygen atoms in total. The van der Waals surface area contributed by atoms with Gasteiger partial charge in [-0.1, -0.05) is 18.3 Å².